The van der Waals surface area contributed by atoms with E-state index >= 15 is 0 Å². The standard InChI is InChI=1S/C15H14ClF2N/c1-9-3-5-12(16)15(7-9)19-10(2)11-4-6-13(17)14(18)8-11/h3-8,10,19H,1-2H3. The molecule has 1 atom stereocenters. The molecule has 0 amide bonds. The maximum absolute atomic E-state index is 13.2. The van der Waals surface area contributed by atoms with Crippen molar-refractivity contribution in [3.05, 3.63) is 64.2 Å². The third-order valence-corrected chi connectivity index (χ3v) is 3.27. The molecule has 1 unspecified atom stereocenters. The molecule has 19 heavy (non-hydrogen) atoms. The van der Waals surface area contributed by atoms with Crippen LogP contribution in [0.5, 0.6) is 0 Å². The van der Waals surface area contributed by atoms with Crippen LogP contribution in [0.4, 0.5) is 14.5 Å². The molecule has 0 aliphatic carbocycles. The van der Waals surface area contributed by atoms with Crippen LogP contribution in [0.1, 0.15) is 24.1 Å². The van der Waals surface area contributed by atoms with Gasteiger partial charge in [-0.3, -0.25) is 0 Å². The average molecular weight is 282 g/mol. The smallest absolute Gasteiger partial charge is 0.159 e. The van der Waals surface area contributed by atoms with Gasteiger partial charge in [0.1, 0.15) is 0 Å². The molecule has 1 nitrogen and oxygen atoms in total. The molecule has 0 fully saturated rings. The van der Waals surface area contributed by atoms with Gasteiger partial charge < -0.3 is 5.32 Å². The predicted molar refractivity (Wildman–Crippen MR) is 74.6 cm³/mol. The topological polar surface area (TPSA) is 12.0 Å². The van der Waals surface area contributed by atoms with E-state index in [-0.39, 0.29) is 6.04 Å². The molecule has 4 heteroatoms. The van der Waals surface area contributed by atoms with Gasteiger partial charge in [-0.25, -0.2) is 8.78 Å². The lowest BCUT2D eigenvalue weighted by atomic mass is 10.1. The van der Waals surface area contributed by atoms with Gasteiger partial charge in [-0.15, -0.1) is 0 Å². The molecule has 2 aromatic rings. The summed E-state index contributed by atoms with van der Waals surface area (Å²) in [6.45, 7) is 3.83. The molecule has 0 bridgehead atoms. The Hall–Kier alpha value is -1.61. The van der Waals surface area contributed by atoms with E-state index in [2.05, 4.69) is 5.32 Å². The van der Waals surface area contributed by atoms with Crippen molar-refractivity contribution in [1.29, 1.82) is 0 Å². The first-order chi connectivity index (χ1) is 8.97. The van der Waals surface area contributed by atoms with Gasteiger partial charge in [0.25, 0.3) is 0 Å². The Morgan fingerprint density at radius 1 is 1.05 bits per heavy atom. The van der Waals surface area contributed by atoms with Crippen LogP contribution >= 0.6 is 11.6 Å². The monoisotopic (exact) mass is 281 g/mol. The fourth-order valence-electron chi connectivity index (χ4n) is 1.85. The molecular weight excluding hydrogens is 268 g/mol. The second-order valence-electron chi connectivity index (χ2n) is 4.52. The van der Waals surface area contributed by atoms with Crippen molar-refractivity contribution >= 4 is 17.3 Å². The minimum atomic E-state index is -0.846. The Balaban J connectivity index is 2.22. The number of hydrogen-bond donors (Lipinski definition) is 1. The molecule has 1 N–H and O–H groups in total. The fraction of sp³-hybridized carbons (Fsp3) is 0.200. The van der Waals surface area contributed by atoms with E-state index in [1.54, 1.807) is 12.1 Å². The number of aryl methyl sites for hydroxylation is 1. The van der Waals surface area contributed by atoms with Crippen LogP contribution in [0.2, 0.25) is 5.02 Å². The fourth-order valence-corrected chi connectivity index (χ4v) is 2.02. The van der Waals surface area contributed by atoms with Crippen molar-refractivity contribution in [1.82, 2.24) is 0 Å². The first-order valence-corrected chi connectivity index (χ1v) is 6.33. The second kappa shape index (κ2) is 5.57. The largest absolute Gasteiger partial charge is 0.377 e. The van der Waals surface area contributed by atoms with Crippen molar-refractivity contribution in [3.63, 3.8) is 0 Å². The van der Waals surface area contributed by atoms with Gasteiger partial charge in [-0.05, 0) is 49.2 Å². The Morgan fingerprint density at radius 3 is 2.47 bits per heavy atom. The SMILES string of the molecule is Cc1ccc(Cl)c(NC(C)c2ccc(F)c(F)c2)c1. The first-order valence-electron chi connectivity index (χ1n) is 5.95. The van der Waals surface area contributed by atoms with E-state index in [1.165, 1.54) is 6.07 Å². The molecule has 0 radical (unpaired) electrons. The van der Waals surface area contributed by atoms with Gasteiger partial charge in [0, 0.05) is 6.04 Å². The third kappa shape index (κ3) is 3.24. The second-order valence-corrected chi connectivity index (χ2v) is 4.93. The maximum atomic E-state index is 13.2. The number of benzene rings is 2. The van der Waals surface area contributed by atoms with Crippen LogP contribution in [0.25, 0.3) is 0 Å². The highest BCUT2D eigenvalue weighted by Gasteiger charge is 2.10. The van der Waals surface area contributed by atoms with E-state index in [1.807, 2.05) is 26.0 Å². The molecular formula is C15H14ClF2N. The van der Waals surface area contributed by atoms with E-state index in [9.17, 15) is 8.78 Å². The molecule has 0 saturated carbocycles. The van der Waals surface area contributed by atoms with Gasteiger partial charge >= 0.3 is 0 Å². The van der Waals surface area contributed by atoms with E-state index < -0.39 is 11.6 Å². The molecule has 0 heterocycles. The van der Waals surface area contributed by atoms with E-state index in [0.29, 0.717) is 10.6 Å². The number of hydrogen-bond acceptors (Lipinski definition) is 1. The molecule has 2 aromatic carbocycles. The van der Waals surface area contributed by atoms with Crippen molar-refractivity contribution in [2.75, 3.05) is 5.32 Å². The maximum Gasteiger partial charge on any atom is 0.159 e. The summed E-state index contributed by atoms with van der Waals surface area (Å²) in [7, 11) is 0. The number of rotatable bonds is 3. The molecule has 2 rings (SSSR count). The Labute approximate surface area is 116 Å². The molecule has 0 spiro atoms. The van der Waals surface area contributed by atoms with Crippen LogP contribution in [0, 0.1) is 18.6 Å². The molecule has 0 saturated heterocycles. The van der Waals surface area contributed by atoms with Crippen molar-refractivity contribution < 1.29 is 8.78 Å². The van der Waals surface area contributed by atoms with Gasteiger partial charge in [0.15, 0.2) is 11.6 Å². The highest BCUT2D eigenvalue weighted by Crippen LogP contribution is 2.27. The zero-order valence-corrected chi connectivity index (χ0v) is 11.4. The molecule has 0 aliphatic rings. The quantitative estimate of drug-likeness (QED) is 0.825. The average Bonchev–Trinajstić information content (AvgIpc) is 2.37. The normalized spacial score (nSPS) is 12.3. The highest BCUT2D eigenvalue weighted by molar-refractivity contribution is 6.33. The predicted octanol–water partition coefficient (Wildman–Crippen LogP) is 5.10. The van der Waals surface area contributed by atoms with E-state index in [4.69, 9.17) is 11.6 Å². The van der Waals surface area contributed by atoms with Gasteiger partial charge in [-0.1, -0.05) is 23.7 Å². The van der Waals surface area contributed by atoms with Crippen LogP contribution in [0.3, 0.4) is 0 Å². The molecule has 0 aromatic heterocycles. The Morgan fingerprint density at radius 2 is 1.79 bits per heavy atom. The molecule has 100 valence electrons. The summed E-state index contributed by atoms with van der Waals surface area (Å²) >= 11 is 6.09. The minimum absolute atomic E-state index is 0.172. The summed E-state index contributed by atoms with van der Waals surface area (Å²) in [5.41, 5.74) is 2.51. The zero-order valence-electron chi connectivity index (χ0n) is 10.7. The summed E-state index contributed by atoms with van der Waals surface area (Å²) in [6, 6.07) is 9.33. The number of nitrogens with one attached hydrogen (secondary N) is 1. The zero-order chi connectivity index (χ0) is 14.0. The lowest BCUT2D eigenvalue weighted by Gasteiger charge is -2.17. The van der Waals surface area contributed by atoms with Crippen LogP contribution in [-0.4, -0.2) is 0 Å². The van der Waals surface area contributed by atoms with Gasteiger partial charge in [-0.2, -0.15) is 0 Å². The minimum Gasteiger partial charge on any atom is -0.377 e. The van der Waals surface area contributed by atoms with Gasteiger partial charge in [0.05, 0.1) is 10.7 Å². The van der Waals surface area contributed by atoms with Crippen molar-refractivity contribution in [2.24, 2.45) is 0 Å². The Bertz CT molecular complexity index is 599. The first kappa shape index (κ1) is 13.8. The lowest BCUT2D eigenvalue weighted by molar-refractivity contribution is 0.506. The van der Waals surface area contributed by atoms with Crippen LogP contribution in [-0.2, 0) is 0 Å². The lowest BCUT2D eigenvalue weighted by Crippen LogP contribution is -2.07. The summed E-state index contributed by atoms with van der Waals surface area (Å²) in [5.74, 6) is -1.69. The molecule has 0 aliphatic heterocycles. The van der Waals surface area contributed by atoms with Gasteiger partial charge in [0.2, 0.25) is 0 Å². The number of anilines is 1. The summed E-state index contributed by atoms with van der Waals surface area (Å²) in [5, 5.41) is 3.79. The summed E-state index contributed by atoms with van der Waals surface area (Å²) in [4.78, 5) is 0. The summed E-state index contributed by atoms with van der Waals surface area (Å²) < 4.78 is 26.1. The van der Waals surface area contributed by atoms with E-state index in [0.717, 1.165) is 17.3 Å². The van der Waals surface area contributed by atoms with Crippen LogP contribution in [0.15, 0.2) is 36.4 Å². The van der Waals surface area contributed by atoms with Crippen LogP contribution < -0.4 is 5.32 Å². The highest BCUT2D eigenvalue weighted by atomic mass is 35.5. The Kier molecular flexibility index (Phi) is 4.05. The number of halogens is 3. The summed E-state index contributed by atoms with van der Waals surface area (Å²) in [6.07, 6.45) is 0. The van der Waals surface area contributed by atoms with Crippen molar-refractivity contribution in [3.8, 4) is 0 Å². The van der Waals surface area contributed by atoms with Crippen molar-refractivity contribution in [2.45, 2.75) is 19.9 Å². The third-order valence-electron chi connectivity index (χ3n) is 2.94.